The van der Waals surface area contributed by atoms with Gasteiger partial charge in [0.25, 0.3) is 0 Å². The van der Waals surface area contributed by atoms with Crippen LogP contribution in [-0.2, 0) is 6.18 Å². The van der Waals surface area contributed by atoms with E-state index in [2.05, 4.69) is 15.0 Å². The van der Waals surface area contributed by atoms with E-state index >= 15 is 0 Å². The van der Waals surface area contributed by atoms with Gasteiger partial charge in [0, 0.05) is 35.1 Å². The topological polar surface area (TPSA) is 64.7 Å². The van der Waals surface area contributed by atoms with Gasteiger partial charge in [0.15, 0.2) is 0 Å². The Kier molecular flexibility index (Phi) is 3.07. The second-order valence-electron chi connectivity index (χ2n) is 5.18. The zero-order valence-corrected chi connectivity index (χ0v) is 11.3. The molecule has 1 aliphatic rings. The molecule has 0 atom stereocenters. The molecule has 0 unspecified atom stereocenters. The first-order chi connectivity index (χ1) is 9.86. The molecule has 0 aromatic carbocycles. The van der Waals surface area contributed by atoms with Crippen molar-refractivity contribution in [3.63, 3.8) is 0 Å². The number of pyridine rings is 1. The highest BCUT2D eigenvalue weighted by molar-refractivity contribution is 5.77. The summed E-state index contributed by atoms with van der Waals surface area (Å²) in [4.78, 5) is 11.2. The van der Waals surface area contributed by atoms with E-state index in [1.54, 1.807) is 6.07 Å². The van der Waals surface area contributed by atoms with E-state index in [1.807, 2.05) is 6.92 Å². The number of rotatable bonds is 2. The van der Waals surface area contributed by atoms with Crippen LogP contribution in [0.5, 0.6) is 0 Å². The summed E-state index contributed by atoms with van der Waals surface area (Å²) in [6, 6.07) is 1.74. The molecule has 0 bridgehead atoms. The third-order valence-corrected chi connectivity index (χ3v) is 3.40. The van der Waals surface area contributed by atoms with Crippen LogP contribution in [0.25, 0.3) is 11.1 Å². The summed E-state index contributed by atoms with van der Waals surface area (Å²) in [5.74, 6) is -0.794. The molecule has 3 rings (SSSR count). The van der Waals surface area contributed by atoms with Crippen LogP contribution < -0.4 is 5.73 Å². The number of hydrogen-bond acceptors (Lipinski definition) is 4. The Morgan fingerprint density at radius 1 is 1.19 bits per heavy atom. The van der Waals surface area contributed by atoms with Crippen molar-refractivity contribution in [2.24, 2.45) is 0 Å². The van der Waals surface area contributed by atoms with Crippen molar-refractivity contribution in [1.82, 2.24) is 15.0 Å². The van der Waals surface area contributed by atoms with Gasteiger partial charge in [-0.25, -0.2) is 9.97 Å². The summed E-state index contributed by atoms with van der Waals surface area (Å²) in [5.41, 5.74) is 9.32. The predicted octanol–water partition coefficient (Wildman–Crippen LogP) is 3.33. The first-order valence-corrected chi connectivity index (χ1v) is 6.53. The van der Waals surface area contributed by atoms with Gasteiger partial charge in [-0.3, -0.25) is 4.98 Å². The average Bonchev–Trinajstić information content (AvgIpc) is 3.24. The Hall–Kier alpha value is -2.18. The summed E-state index contributed by atoms with van der Waals surface area (Å²) < 4.78 is 37.5. The first kappa shape index (κ1) is 13.8. The minimum Gasteiger partial charge on any atom is -0.397 e. The summed E-state index contributed by atoms with van der Waals surface area (Å²) in [6.45, 7) is 1.83. The van der Waals surface area contributed by atoms with Crippen LogP contribution in [0.1, 0.15) is 36.0 Å². The fourth-order valence-electron chi connectivity index (χ4n) is 2.23. The van der Waals surface area contributed by atoms with Crippen LogP contribution in [0.2, 0.25) is 0 Å². The lowest BCUT2D eigenvalue weighted by atomic mass is 10.0. The smallest absolute Gasteiger partial charge is 0.397 e. The molecular formula is C14H13F3N4. The van der Waals surface area contributed by atoms with E-state index in [-0.39, 0.29) is 0 Å². The Morgan fingerprint density at radius 3 is 2.33 bits per heavy atom. The molecule has 0 spiro atoms. The maximum Gasteiger partial charge on any atom is 0.451 e. The highest BCUT2D eigenvalue weighted by atomic mass is 19.4. The molecule has 1 saturated carbocycles. The van der Waals surface area contributed by atoms with Gasteiger partial charge in [0.05, 0.1) is 11.4 Å². The molecule has 0 radical (unpaired) electrons. The molecule has 21 heavy (non-hydrogen) atoms. The van der Waals surface area contributed by atoms with E-state index in [0.29, 0.717) is 22.7 Å². The Bertz CT molecular complexity index is 676. The number of nitrogen functional groups attached to an aromatic ring is 1. The summed E-state index contributed by atoms with van der Waals surface area (Å²) in [7, 11) is 0. The fourth-order valence-corrected chi connectivity index (χ4v) is 2.23. The molecule has 2 heterocycles. The fraction of sp³-hybridized carbons (Fsp3) is 0.357. The number of nitrogens with zero attached hydrogens (tertiary/aromatic N) is 3. The third-order valence-electron chi connectivity index (χ3n) is 3.40. The molecule has 1 aliphatic carbocycles. The molecule has 7 heteroatoms. The van der Waals surface area contributed by atoms with Crippen LogP contribution in [0.4, 0.5) is 18.9 Å². The Morgan fingerprint density at radius 2 is 1.81 bits per heavy atom. The zero-order chi connectivity index (χ0) is 15.2. The molecule has 2 aromatic rings. The monoisotopic (exact) mass is 294 g/mol. The highest BCUT2D eigenvalue weighted by Crippen LogP contribution is 2.44. The molecular weight excluding hydrogens is 281 g/mol. The summed E-state index contributed by atoms with van der Waals surface area (Å²) in [6.07, 6.45) is -0.153. The lowest BCUT2D eigenvalue weighted by molar-refractivity contribution is -0.144. The van der Waals surface area contributed by atoms with Crippen molar-refractivity contribution in [1.29, 1.82) is 0 Å². The minimum absolute atomic E-state index is 0.360. The first-order valence-electron chi connectivity index (χ1n) is 6.53. The third kappa shape index (κ3) is 2.68. The van der Waals surface area contributed by atoms with E-state index in [1.165, 1.54) is 0 Å². The van der Waals surface area contributed by atoms with Crippen LogP contribution in [0.3, 0.4) is 0 Å². The van der Waals surface area contributed by atoms with Crippen LogP contribution in [-0.4, -0.2) is 15.0 Å². The SMILES string of the molecule is Cc1cc(-c2cnc(C(F)(F)F)nc2)c(N)c(C2CC2)n1. The van der Waals surface area contributed by atoms with Crippen LogP contribution in [0, 0.1) is 6.92 Å². The quantitative estimate of drug-likeness (QED) is 0.922. The van der Waals surface area contributed by atoms with E-state index < -0.39 is 12.0 Å². The predicted molar refractivity (Wildman–Crippen MR) is 71.4 cm³/mol. The second kappa shape index (κ2) is 4.68. The number of hydrogen-bond donors (Lipinski definition) is 1. The molecule has 1 fully saturated rings. The van der Waals surface area contributed by atoms with E-state index in [9.17, 15) is 13.2 Å². The van der Waals surface area contributed by atoms with Gasteiger partial charge in [0.2, 0.25) is 5.82 Å². The van der Waals surface area contributed by atoms with Gasteiger partial charge < -0.3 is 5.73 Å². The maximum absolute atomic E-state index is 12.5. The van der Waals surface area contributed by atoms with Crippen molar-refractivity contribution >= 4 is 5.69 Å². The largest absolute Gasteiger partial charge is 0.451 e. The molecule has 4 nitrogen and oxygen atoms in total. The van der Waals surface area contributed by atoms with Crippen molar-refractivity contribution < 1.29 is 13.2 Å². The summed E-state index contributed by atoms with van der Waals surface area (Å²) in [5, 5.41) is 0. The van der Waals surface area contributed by atoms with Gasteiger partial charge in [-0.15, -0.1) is 0 Å². The van der Waals surface area contributed by atoms with Gasteiger partial charge in [-0.05, 0) is 25.8 Å². The van der Waals surface area contributed by atoms with Crippen LogP contribution in [0.15, 0.2) is 18.5 Å². The van der Waals surface area contributed by atoms with Gasteiger partial charge in [0.1, 0.15) is 0 Å². The van der Waals surface area contributed by atoms with Gasteiger partial charge in [-0.1, -0.05) is 0 Å². The van der Waals surface area contributed by atoms with E-state index in [0.717, 1.165) is 36.6 Å². The minimum atomic E-state index is -4.54. The van der Waals surface area contributed by atoms with Crippen molar-refractivity contribution in [3.8, 4) is 11.1 Å². The van der Waals surface area contributed by atoms with Gasteiger partial charge >= 0.3 is 6.18 Å². The van der Waals surface area contributed by atoms with E-state index in [4.69, 9.17) is 5.73 Å². The molecule has 0 saturated heterocycles. The Balaban J connectivity index is 2.04. The molecule has 0 amide bonds. The lowest BCUT2D eigenvalue weighted by Gasteiger charge is -2.12. The van der Waals surface area contributed by atoms with Crippen molar-refractivity contribution in [2.75, 3.05) is 5.73 Å². The molecule has 110 valence electrons. The second-order valence-corrected chi connectivity index (χ2v) is 5.18. The zero-order valence-electron chi connectivity index (χ0n) is 11.3. The highest BCUT2D eigenvalue weighted by Gasteiger charge is 2.34. The Labute approximate surface area is 119 Å². The number of nitrogens with two attached hydrogens (primary N) is 1. The average molecular weight is 294 g/mol. The number of alkyl halides is 3. The van der Waals surface area contributed by atoms with Gasteiger partial charge in [-0.2, -0.15) is 13.2 Å². The molecule has 0 aliphatic heterocycles. The molecule has 2 aromatic heterocycles. The number of aryl methyl sites for hydroxylation is 1. The molecule has 2 N–H and O–H groups in total. The number of aromatic nitrogens is 3. The number of halogens is 3. The standard InChI is InChI=1S/C14H13F3N4/c1-7-4-10(11(18)12(21-7)8-2-3-8)9-5-19-13(20-6-9)14(15,16)17/h4-6,8H,2-3,18H2,1H3. The lowest BCUT2D eigenvalue weighted by Crippen LogP contribution is -2.10. The van der Waals surface area contributed by atoms with Crippen LogP contribution >= 0.6 is 0 Å². The summed E-state index contributed by atoms with van der Waals surface area (Å²) >= 11 is 0. The normalized spacial score (nSPS) is 15.2. The van der Waals surface area contributed by atoms with Crippen molar-refractivity contribution in [2.45, 2.75) is 31.9 Å². The van der Waals surface area contributed by atoms with Crippen molar-refractivity contribution in [3.05, 3.63) is 35.7 Å². The maximum atomic E-state index is 12.5. The number of anilines is 1.